The van der Waals surface area contributed by atoms with Gasteiger partial charge in [0.05, 0.1) is 12.1 Å². The number of para-hydroxylation sites is 2. The maximum Gasteiger partial charge on any atom is 0.344 e. The Hall–Kier alpha value is -3.86. The average Bonchev–Trinajstić information content (AvgIpc) is 2.75. The van der Waals surface area contributed by atoms with Crippen LogP contribution in [0.25, 0.3) is 0 Å². The van der Waals surface area contributed by atoms with Crippen molar-refractivity contribution in [2.75, 3.05) is 25.1 Å². The zero-order valence-electron chi connectivity index (χ0n) is 15.9. The molecule has 8 nitrogen and oxygen atoms in total. The van der Waals surface area contributed by atoms with Crippen LogP contribution in [-0.2, 0) is 25.5 Å². The van der Waals surface area contributed by atoms with Crippen LogP contribution < -0.4 is 15.4 Å². The Labute approximate surface area is 168 Å². The molecule has 29 heavy (non-hydrogen) atoms. The summed E-state index contributed by atoms with van der Waals surface area (Å²) in [5.41, 5.74) is 1.96. The second-order valence-corrected chi connectivity index (χ2v) is 5.89. The number of ether oxygens (including phenoxy) is 2. The van der Waals surface area contributed by atoms with Crippen molar-refractivity contribution in [1.82, 2.24) is 5.32 Å². The number of aryl methyl sites for hydroxylation is 1. The van der Waals surface area contributed by atoms with Crippen LogP contribution in [0.15, 0.2) is 48.5 Å². The van der Waals surface area contributed by atoms with Crippen LogP contribution in [-0.4, -0.2) is 37.5 Å². The summed E-state index contributed by atoms with van der Waals surface area (Å²) in [7, 11) is 0. The standard InChI is InChI=1S/C21H21N3O5/c1-2-15-7-3-5-9-17(15)24-19(25)12-23-20(26)13-29-21(27)14-28-18-10-6-4-8-16(18)11-22/h3-10H,2,12-14H2,1H3,(H,23,26)(H,24,25). The zero-order valence-corrected chi connectivity index (χ0v) is 15.9. The Bertz CT molecular complexity index is 921. The van der Waals surface area contributed by atoms with Gasteiger partial charge in [-0.2, -0.15) is 5.26 Å². The van der Waals surface area contributed by atoms with Gasteiger partial charge < -0.3 is 20.1 Å². The van der Waals surface area contributed by atoms with Gasteiger partial charge in [0.2, 0.25) is 5.91 Å². The molecule has 2 aromatic rings. The molecule has 2 rings (SSSR count). The highest BCUT2D eigenvalue weighted by Crippen LogP contribution is 2.16. The molecular formula is C21H21N3O5. The van der Waals surface area contributed by atoms with Crippen molar-refractivity contribution in [2.45, 2.75) is 13.3 Å². The van der Waals surface area contributed by atoms with E-state index in [2.05, 4.69) is 10.6 Å². The molecule has 0 unspecified atom stereocenters. The van der Waals surface area contributed by atoms with Gasteiger partial charge in [0.1, 0.15) is 11.8 Å². The fourth-order valence-electron chi connectivity index (χ4n) is 2.38. The average molecular weight is 395 g/mol. The Morgan fingerprint density at radius 3 is 2.48 bits per heavy atom. The smallest absolute Gasteiger partial charge is 0.344 e. The van der Waals surface area contributed by atoms with Crippen molar-refractivity contribution in [3.63, 3.8) is 0 Å². The third kappa shape index (κ3) is 6.99. The summed E-state index contributed by atoms with van der Waals surface area (Å²) in [5, 5.41) is 14.1. The largest absolute Gasteiger partial charge is 0.481 e. The van der Waals surface area contributed by atoms with Crippen LogP contribution in [0.2, 0.25) is 0 Å². The van der Waals surface area contributed by atoms with Gasteiger partial charge in [-0.1, -0.05) is 37.3 Å². The number of nitrogens with one attached hydrogen (secondary N) is 2. The molecule has 0 radical (unpaired) electrons. The minimum Gasteiger partial charge on any atom is -0.481 e. The number of carbonyl (C=O) groups excluding carboxylic acids is 3. The van der Waals surface area contributed by atoms with E-state index in [4.69, 9.17) is 14.7 Å². The van der Waals surface area contributed by atoms with Gasteiger partial charge in [-0.25, -0.2) is 4.79 Å². The number of amides is 2. The molecule has 8 heteroatoms. The van der Waals surface area contributed by atoms with Gasteiger partial charge in [0.15, 0.2) is 13.2 Å². The highest BCUT2D eigenvalue weighted by atomic mass is 16.6. The van der Waals surface area contributed by atoms with Gasteiger partial charge in [-0.05, 0) is 30.2 Å². The molecule has 0 aliphatic rings. The van der Waals surface area contributed by atoms with E-state index >= 15 is 0 Å². The van der Waals surface area contributed by atoms with Gasteiger partial charge >= 0.3 is 5.97 Å². The Balaban J connectivity index is 1.69. The molecule has 0 atom stereocenters. The predicted molar refractivity (Wildman–Crippen MR) is 105 cm³/mol. The Morgan fingerprint density at radius 2 is 1.72 bits per heavy atom. The number of hydrogen-bond acceptors (Lipinski definition) is 6. The third-order valence-electron chi connectivity index (χ3n) is 3.84. The summed E-state index contributed by atoms with van der Waals surface area (Å²) in [6, 6.07) is 15.8. The molecule has 0 aromatic heterocycles. The van der Waals surface area contributed by atoms with Crippen molar-refractivity contribution in [3.05, 3.63) is 59.7 Å². The van der Waals surface area contributed by atoms with Gasteiger partial charge in [-0.3, -0.25) is 9.59 Å². The summed E-state index contributed by atoms with van der Waals surface area (Å²) in [4.78, 5) is 35.4. The fourth-order valence-corrected chi connectivity index (χ4v) is 2.38. The molecule has 0 saturated carbocycles. The monoisotopic (exact) mass is 395 g/mol. The second kappa shape index (κ2) is 11.1. The minimum atomic E-state index is -0.769. The van der Waals surface area contributed by atoms with E-state index < -0.39 is 25.1 Å². The number of carbonyl (C=O) groups is 3. The van der Waals surface area contributed by atoms with Crippen LogP contribution in [0.5, 0.6) is 5.75 Å². The predicted octanol–water partition coefficient (Wildman–Crippen LogP) is 1.80. The topological polar surface area (TPSA) is 118 Å². The van der Waals surface area contributed by atoms with Gasteiger partial charge in [-0.15, -0.1) is 0 Å². The van der Waals surface area contributed by atoms with Crippen LogP contribution in [0.1, 0.15) is 18.1 Å². The first-order valence-electron chi connectivity index (χ1n) is 8.95. The molecule has 0 spiro atoms. The highest BCUT2D eigenvalue weighted by Gasteiger charge is 2.12. The van der Waals surface area contributed by atoms with Crippen molar-refractivity contribution in [1.29, 1.82) is 5.26 Å². The molecule has 0 fully saturated rings. The van der Waals surface area contributed by atoms with Gasteiger partial charge in [0.25, 0.3) is 5.91 Å². The second-order valence-electron chi connectivity index (χ2n) is 5.89. The van der Waals surface area contributed by atoms with Crippen molar-refractivity contribution in [2.24, 2.45) is 0 Å². The Kier molecular flexibility index (Phi) is 8.20. The van der Waals surface area contributed by atoms with E-state index in [1.807, 2.05) is 31.2 Å². The lowest BCUT2D eigenvalue weighted by atomic mass is 10.1. The molecule has 2 N–H and O–H groups in total. The van der Waals surface area contributed by atoms with Crippen molar-refractivity contribution in [3.8, 4) is 11.8 Å². The lowest BCUT2D eigenvalue weighted by Gasteiger charge is -2.11. The molecule has 0 aliphatic heterocycles. The molecular weight excluding hydrogens is 374 g/mol. The molecule has 0 bridgehead atoms. The summed E-state index contributed by atoms with van der Waals surface area (Å²) in [6.45, 7) is 0.741. The minimum absolute atomic E-state index is 0.250. The van der Waals surface area contributed by atoms with E-state index in [0.29, 0.717) is 5.69 Å². The van der Waals surface area contributed by atoms with E-state index in [9.17, 15) is 14.4 Å². The number of esters is 1. The number of rotatable bonds is 9. The number of anilines is 1. The zero-order chi connectivity index (χ0) is 21.1. The maximum atomic E-state index is 12.0. The number of nitrogens with zero attached hydrogens (tertiary/aromatic N) is 1. The number of benzene rings is 2. The Morgan fingerprint density at radius 1 is 1.00 bits per heavy atom. The molecule has 0 heterocycles. The molecule has 150 valence electrons. The van der Waals surface area contributed by atoms with Crippen molar-refractivity contribution >= 4 is 23.5 Å². The van der Waals surface area contributed by atoms with Gasteiger partial charge in [0, 0.05) is 5.69 Å². The van der Waals surface area contributed by atoms with E-state index in [1.165, 1.54) is 0 Å². The lowest BCUT2D eigenvalue weighted by molar-refractivity contribution is -0.150. The van der Waals surface area contributed by atoms with Crippen LogP contribution in [0.3, 0.4) is 0 Å². The maximum absolute atomic E-state index is 12.0. The van der Waals surface area contributed by atoms with E-state index in [1.54, 1.807) is 30.3 Å². The summed E-state index contributed by atoms with van der Waals surface area (Å²) in [6.07, 6.45) is 0.764. The first-order valence-corrected chi connectivity index (χ1v) is 8.95. The van der Waals surface area contributed by atoms with Crippen LogP contribution in [0, 0.1) is 11.3 Å². The fraction of sp³-hybridized carbons (Fsp3) is 0.238. The summed E-state index contributed by atoms with van der Waals surface area (Å²) < 4.78 is 10.0. The lowest BCUT2D eigenvalue weighted by Crippen LogP contribution is -2.36. The van der Waals surface area contributed by atoms with Crippen molar-refractivity contribution < 1.29 is 23.9 Å². The number of hydrogen-bond donors (Lipinski definition) is 2. The summed E-state index contributed by atoms with van der Waals surface area (Å²) in [5.74, 6) is -1.52. The normalized spacial score (nSPS) is 9.79. The summed E-state index contributed by atoms with van der Waals surface area (Å²) >= 11 is 0. The van der Waals surface area contributed by atoms with Crippen LogP contribution in [0.4, 0.5) is 5.69 Å². The third-order valence-corrected chi connectivity index (χ3v) is 3.84. The van der Waals surface area contributed by atoms with E-state index in [0.717, 1.165) is 12.0 Å². The van der Waals surface area contributed by atoms with E-state index in [-0.39, 0.29) is 23.8 Å². The molecule has 2 aromatic carbocycles. The molecule has 0 saturated heterocycles. The number of nitriles is 1. The first-order chi connectivity index (χ1) is 14.0. The highest BCUT2D eigenvalue weighted by molar-refractivity contribution is 5.95. The molecule has 0 aliphatic carbocycles. The van der Waals surface area contributed by atoms with Crippen LogP contribution >= 0.6 is 0 Å². The molecule has 2 amide bonds. The first kappa shape index (κ1) is 21.4. The quantitative estimate of drug-likeness (QED) is 0.625. The SMILES string of the molecule is CCc1ccccc1NC(=O)CNC(=O)COC(=O)COc1ccccc1C#N.